The summed E-state index contributed by atoms with van der Waals surface area (Å²) in [6.45, 7) is 2.14. The van der Waals surface area contributed by atoms with Crippen LogP contribution in [0.2, 0.25) is 0 Å². The van der Waals surface area contributed by atoms with Crippen molar-refractivity contribution in [1.82, 2.24) is 14.3 Å². The number of rotatable bonds is 2. The molecule has 1 aliphatic heterocycles. The normalized spacial score (nSPS) is 15.1. The van der Waals surface area contributed by atoms with E-state index in [2.05, 4.69) is 9.30 Å². The van der Waals surface area contributed by atoms with Gasteiger partial charge in [-0.2, -0.15) is 13.2 Å². The zero-order valence-electron chi connectivity index (χ0n) is 16.5. The lowest BCUT2D eigenvalue weighted by molar-refractivity contribution is -0.137. The van der Waals surface area contributed by atoms with E-state index in [1.54, 1.807) is 4.90 Å². The van der Waals surface area contributed by atoms with E-state index in [0.717, 1.165) is 34.5 Å². The van der Waals surface area contributed by atoms with Crippen LogP contribution in [0.1, 0.15) is 15.9 Å². The summed E-state index contributed by atoms with van der Waals surface area (Å²) in [5.74, 6) is 0.609. The van der Waals surface area contributed by atoms with Gasteiger partial charge in [0.1, 0.15) is 0 Å². The average molecular weight is 424 g/mol. The van der Waals surface area contributed by atoms with Gasteiger partial charge >= 0.3 is 6.18 Å². The van der Waals surface area contributed by atoms with Crippen molar-refractivity contribution in [3.8, 4) is 0 Å². The molecular weight excluding hydrogens is 405 g/mol. The fraction of sp³-hybridized carbons (Fsp3) is 0.217. The predicted octanol–water partition coefficient (Wildman–Crippen LogP) is 4.47. The highest BCUT2D eigenvalue weighted by Gasteiger charge is 2.31. The summed E-state index contributed by atoms with van der Waals surface area (Å²) in [6.07, 6.45) is -2.41. The molecule has 0 saturated carbocycles. The summed E-state index contributed by atoms with van der Waals surface area (Å²) in [7, 11) is 0. The second kappa shape index (κ2) is 7.30. The highest BCUT2D eigenvalue weighted by Crippen LogP contribution is 2.30. The number of piperazine rings is 1. The van der Waals surface area contributed by atoms with Crippen molar-refractivity contribution in [3.63, 3.8) is 0 Å². The van der Waals surface area contributed by atoms with Crippen molar-refractivity contribution in [1.29, 1.82) is 0 Å². The van der Waals surface area contributed by atoms with Crippen LogP contribution >= 0.6 is 0 Å². The van der Waals surface area contributed by atoms with Crippen LogP contribution in [0.15, 0.2) is 66.9 Å². The van der Waals surface area contributed by atoms with Crippen LogP contribution in [0.4, 0.5) is 19.0 Å². The van der Waals surface area contributed by atoms with Gasteiger partial charge < -0.3 is 14.2 Å². The number of carbonyl (C=O) groups is 1. The van der Waals surface area contributed by atoms with E-state index in [1.165, 1.54) is 12.1 Å². The molecule has 0 N–H and O–H groups in total. The molecule has 5 nitrogen and oxygen atoms in total. The molecule has 1 aliphatic rings. The predicted molar refractivity (Wildman–Crippen MR) is 112 cm³/mol. The maximum Gasteiger partial charge on any atom is 0.416 e. The number of alkyl halides is 3. The van der Waals surface area contributed by atoms with Crippen molar-refractivity contribution < 1.29 is 18.0 Å². The molecule has 0 atom stereocenters. The molecule has 0 radical (unpaired) electrons. The minimum absolute atomic E-state index is 0.257. The number of carbonyl (C=O) groups excluding carboxylic acids is 1. The molecule has 158 valence electrons. The number of para-hydroxylation sites is 2. The van der Waals surface area contributed by atoms with Gasteiger partial charge in [-0.1, -0.05) is 12.1 Å². The fourth-order valence-electron chi connectivity index (χ4n) is 4.05. The Balaban J connectivity index is 1.34. The highest BCUT2D eigenvalue weighted by atomic mass is 19.4. The van der Waals surface area contributed by atoms with Gasteiger partial charge in [-0.3, -0.25) is 4.79 Å². The molecule has 0 aliphatic carbocycles. The number of nitrogens with zero attached hydrogens (tertiary/aromatic N) is 4. The van der Waals surface area contributed by atoms with E-state index >= 15 is 0 Å². The second-order valence-corrected chi connectivity index (χ2v) is 7.54. The SMILES string of the molecule is O=C(c1ccc(C(F)(F)F)cc1)N1CCN(c2nc3ccccc3n3cccc23)CC1. The summed E-state index contributed by atoms with van der Waals surface area (Å²) in [6, 6.07) is 16.3. The maximum atomic E-state index is 12.8. The van der Waals surface area contributed by atoms with Gasteiger partial charge in [0.05, 0.1) is 22.1 Å². The Bertz CT molecular complexity index is 1260. The maximum absolute atomic E-state index is 12.8. The van der Waals surface area contributed by atoms with Gasteiger partial charge in [-0.15, -0.1) is 0 Å². The number of benzene rings is 2. The molecule has 0 bridgehead atoms. The van der Waals surface area contributed by atoms with Gasteiger partial charge in [-0.05, 0) is 48.5 Å². The molecule has 0 unspecified atom stereocenters. The number of hydrogen-bond donors (Lipinski definition) is 0. The number of hydrogen-bond acceptors (Lipinski definition) is 3. The number of amides is 1. The lowest BCUT2D eigenvalue weighted by atomic mass is 10.1. The van der Waals surface area contributed by atoms with Crippen LogP contribution in [-0.4, -0.2) is 46.4 Å². The smallest absolute Gasteiger partial charge is 0.351 e. The molecule has 8 heteroatoms. The van der Waals surface area contributed by atoms with Crippen LogP contribution < -0.4 is 4.90 Å². The molecule has 3 heterocycles. The first-order valence-electron chi connectivity index (χ1n) is 9.99. The Morgan fingerprint density at radius 3 is 2.23 bits per heavy atom. The van der Waals surface area contributed by atoms with Gasteiger partial charge in [0.25, 0.3) is 5.91 Å². The quantitative estimate of drug-likeness (QED) is 0.477. The molecule has 2 aromatic heterocycles. The summed E-state index contributed by atoms with van der Waals surface area (Å²) in [5, 5.41) is 0. The van der Waals surface area contributed by atoms with Crippen LogP contribution in [0, 0.1) is 0 Å². The van der Waals surface area contributed by atoms with E-state index in [4.69, 9.17) is 4.98 Å². The number of aromatic nitrogens is 2. The topological polar surface area (TPSA) is 40.9 Å². The average Bonchev–Trinajstić information content (AvgIpc) is 3.28. The Morgan fingerprint density at radius 2 is 1.52 bits per heavy atom. The first-order valence-corrected chi connectivity index (χ1v) is 9.99. The first kappa shape index (κ1) is 19.4. The summed E-state index contributed by atoms with van der Waals surface area (Å²) < 4.78 is 40.4. The zero-order valence-corrected chi connectivity index (χ0v) is 16.5. The molecule has 2 aromatic carbocycles. The monoisotopic (exact) mass is 424 g/mol. The third kappa shape index (κ3) is 3.48. The van der Waals surface area contributed by atoms with E-state index in [-0.39, 0.29) is 11.5 Å². The lowest BCUT2D eigenvalue weighted by Crippen LogP contribution is -2.49. The van der Waals surface area contributed by atoms with Crippen LogP contribution in [-0.2, 0) is 6.18 Å². The first-order chi connectivity index (χ1) is 14.9. The third-order valence-corrected chi connectivity index (χ3v) is 5.67. The third-order valence-electron chi connectivity index (χ3n) is 5.67. The second-order valence-electron chi connectivity index (χ2n) is 7.54. The summed E-state index contributed by atoms with van der Waals surface area (Å²) >= 11 is 0. The van der Waals surface area contributed by atoms with Gasteiger partial charge in [0.2, 0.25) is 0 Å². The molecule has 4 aromatic rings. The van der Waals surface area contributed by atoms with Crippen molar-refractivity contribution >= 4 is 28.3 Å². The van der Waals surface area contributed by atoms with Gasteiger partial charge in [-0.25, -0.2) is 4.98 Å². The molecule has 1 fully saturated rings. The number of anilines is 1. The standard InChI is InChI=1S/C23H19F3N4O/c24-23(25,26)17-9-7-16(8-10-17)22(31)29-14-12-28(13-15-29)21-20-6-3-11-30(20)19-5-2-1-4-18(19)27-21/h1-11H,12-15H2. The minimum Gasteiger partial charge on any atom is -0.351 e. The molecule has 5 rings (SSSR count). The molecule has 31 heavy (non-hydrogen) atoms. The Kier molecular flexibility index (Phi) is 4.57. The Morgan fingerprint density at radius 1 is 0.839 bits per heavy atom. The van der Waals surface area contributed by atoms with Gasteiger partial charge in [0.15, 0.2) is 5.82 Å². The van der Waals surface area contributed by atoms with Crippen LogP contribution in [0.5, 0.6) is 0 Å². The highest BCUT2D eigenvalue weighted by molar-refractivity contribution is 5.94. The van der Waals surface area contributed by atoms with Crippen molar-refractivity contribution in [2.45, 2.75) is 6.18 Å². The van der Waals surface area contributed by atoms with E-state index in [0.29, 0.717) is 26.2 Å². The lowest BCUT2D eigenvalue weighted by Gasteiger charge is -2.36. The van der Waals surface area contributed by atoms with E-state index in [1.807, 2.05) is 42.6 Å². The number of halogens is 3. The Labute approximate surface area is 176 Å². The zero-order chi connectivity index (χ0) is 21.6. The summed E-state index contributed by atoms with van der Waals surface area (Å²) in [5.41, 5.74) is 2.43. The van der Waals surface area contributed by atoms with Gasteiger partial charge in [0, 0.05) is 37.9 Å². The van der Waals surface area contributed by atoms with Crippen molar-refractivity contribution in [2.75, 3.05) is 31.1 Å². The number of fused-ring (bicyclic) bond motifs is 3. The summed E-state index contributed by atoms with van der Waals surface area (Å²) in [4.78, 5) is 21.4. The molecule has 1 saturated heterocycles. The van der Waals surface area contributed by atoms with Crippen LogP contribution in [0.25, 0.3) is 16.6 Å². The molecule has 1 amide bonds. The van der Waals surface area contributed by atoms with Crippen LogP contribution in [0.3, 0.4) is 0 Å². The van der Waals surface area contributed by atoms with E-state index in [9.17, 15) is 18.0 Å². The van der Waals surface area contributed by atoms with E-state index < -0.39 is 11.7 Å². The van der Waals surface area contributed by atoms with Crippen molar-refractivity contribution in [2.24, 2.45) is 0 Å². The van der Waals surface area contributed by atoms with Crippen molar-refractivity contribution in [3.05, 3.63) is 78.0 Å². The minimum atomic E-state index is -4.41. The molecular formula is C23H19F3N4O. The molecule has 0 spiro atoms. The largest absolute Gasteiger partial charge is 0.416 e. The Hall–Kier alpha value is -3.55. The fourth-order valence-corrected chi connectivity index (χ4v) is 4.05.